The molecule has 0 aliphatic carbocycles. The van der Waals surface area contributed by atoms with E-state index in [-0.39, 0.29) is 18.9 Å². The van der Waals surface area contributed by atoms with Gasteiger partial charge in [-0.3, -0.25) is 9.59 Å². The van der Waals surface area contributed by atoms with Gasteiger partial charge in [0, 0.05) is 25.5 Å². The second-order valence-electron chi connectivity index (χ2n) is 3.51. The first-order valence-electron chi connectivity index (χ1n) is 5.50. The van der Waals surface area contributed by atoms with Crippen LogP contribution in [0.3, 0.4) is 0 Å². The third-order valence-corrected chi connectivity index (χ3v) is 2.12. The molecule has 7 heteroatoms. The molecule has 1 amide bonds. The van der Waals surface area contributed by atoms with Crippen molar-refractivity contribution in [3.8, 4) is 0 Å². The van der Waals surface area contributed by atoms with Gasteiger partial charge in [-0.25, -0.2) is 9.97 Å². The first-order chi connectivity index (χ1) is 8.63. The van der Waals surface area contributed by atoms with Crippen molar-refractivity contribution >= 4 is 11.9 Å². The molecule has 1 atom stereocenters. The topological polar surface area (TPSA) is 101 Å². The molecule has 1 unspecified atom stereocenters. The van der Waals surface area contributed by atoms with Crippen LogP contribution >= 0.6 is 0 Å². The van der Waals surface area contributed by atoms with Gasteiger partial charge in [0.15, 0.2) is 0 Å². The molecule has 0 saturated carbocycles. The molecule has 1 rings (SSSR count). The largest absolute Gasteiger partial charge is 0.481 e. The summed E-state index contributed by atoms with van der Waals surface area (Å²) in [5.41, 5.74) is 0.322. The molecule has 0 fully saturated rings. The molecule has 1 heterocycles. The maximum absolute atomic E-state index is 11.6. The lowest BCUT2D eigenvalue weighted by Gasteiger charge is -2.15. The van der Waals surface area contributed by atoms with Crippen LogP contribution in [0.4, 0.5) is 0 Å². The lowest BCUT2D eigenvalue weighted by Crippen LogP contribution is -2.35. The van der Waals surface area contributed by atoms with Crippen LogP contribution in [-0.4, -0.2) is 46.2 Å². The van der Waals surface area contributed by atoms with E-state index in [2.05, 4.69) is 15.3 Å². The van der Waals surface area contributed by atoms with Crippen LogP contribution in [0, 0.1) is 0 Å². The number of hydrogen-bond donors (Lipinski definition) is 2. The molecule has 0 saturated heterocycles. The number of aliphatic carboxylic acids is 1. The van der Waals surface area contributed by atoms with Gasteiger partial charge in [0.1, 0.15) is 6.33 Å². The Morgan fingerprint density at radius 3 is 2.67 bits per heavy atom. The second kappa shape index (κ2) is 7.33. The SMILES string of the molecule is CCOC(CNC(=O)c1cncnc1)CC(=O)O. The van der Waals surface area contributed by atoms with E-state index in [9.17, 15) is 9.59 Å². The lowest BCUT2D eigenvalue weighted by molar-refractivity contribution is -0.140. The molecule has 0 aliphatic rings. The predicted molar refractivity (Wildman–Crippen MR) is 62.0 cm³/mol. The first-order valence-corrected chi connectivity index (χ1v) is 5.50. The molecule has 1 aromatic rings. The molecule has 1 aromatic heterocycles. The number of ether oxygens (including phenoxy) is 1. The predicted octanol–water partition coefficient (Wildman–Crippen LogP) is 0.0862. The number of nitrogens with zero attached hydrogens (tertiary/aromatic N) is 2. The van der Waals surface area contributed by atoms with E-state index in [1.54, 1.807) is 6.92 Å². The standard InChI is InChI=1S/C11H15N3O4/c1-2-18-9(3-10(15)16)6-14-11(17)8-4-12-7-13-5-8/h4-5,7,9H,2-3,6H2,1H3,(H,14,17)(H,15,16). The number of rotatable bonds is 7. The summed E-state index contributed by atoms with van der Waals surface area (Å²) in [6.45, 7) is 2.29. The zero-order valence-electron chi connectivity index (χ0n) is 10.00. The lowest BCUT2D eigenvalue weighted by atomic mass is 10.2. The Morgan fingerprint density at radius 2 is 2.11 bits per heavy atom. The van der Waals surface area contributed by atoms with Crippen LogP contribution in [0.15, 0.2) is 18.7 Å². The highest BCUT2D eigenvalue weighted by Gasteiger charge is 2.15. The Hall–Kier alpha value is -2.02. The number of nitrogens with one attached hydrogen (secondary N) is 1. The van der Waals surface area contributed by atoms with E-state index >= 15 is 0 Å². The molecule has 2 N–H and O–H groups in total. The summed E-state index contributed by atoms with van der Waals surface area (Å²) in [5, 5.41) is 11.3. The van der Waals surface area contributed by atoms with Crippen molar-refractivity contribution in [1.82, 2.24) is 15.3 Å². The van der Waals surface area contributed by atoms with Crippen molar-refractivity contribution in [2.75, 3.05) is 13.2 Å². The van der Waals surface area contributed by atoms with Crippen molar-refractivity contribution in [2.24, 2.45) is 0 Å². The normalized spacial score (nSPS) is 11.8. The van der Waals surface area contributed by atoms with Gasteiger partial charge in [-0.2, -0.15) is 0 Å². The fourth-order valence-corrected chi connectivity index (χ4v) is 1.35. The smallest absolute Gasteiger partial charge is 0.306 e. The Labute approximate surface area is 104 Å². The van der Waals surface area contributed by atoms with Crippen molar-refractivity contribution in [1.29, 1.82) is 0 Å². The van der Waals surface area contributed by atoms with Gasteiger partial charge in [0.25, 0.3) is 5.91 Å². The number of hydrogen-bond acceptors (Lipinski definition) is 5. The fourth-order valence-electron chi connectivity index (χ4n) is 1.35. The molecule has 0 bridgehead atoms. The number of aromatic nitrogens is 2. The maximum Gasteiger partial charge on any atom is 0.306 e. The number of carboxylic acids is 1. The molecule has 7 nitrogen and oxygen atoms in total. The number of carboxylic acid groups (broad SMARTS) is 1. The number of carbonyl (C=O) groups excluding carboxylic acids is 1. The summed E-state index contributed by atoms with van der Waals surface area (Å²) in [4.78, 5) is 29.7. The molecule has 18 heavy (non-hydrogen) atoms. The van der Waals surface area contributed by atoms with E-state index < -0.39 is 12.1 Å². The molecule has 0 radical (unpaired) electrons. The Morgan fingerprint density at radius 1 is 1.44 bits per heavy atom. The van der Waals surface area contributed by atoms with Gasteiger partial charge in [0.2, 0.25) is 0 Å². The van der Waals surface area contributed by atoms with Crippen LogP contribution in [0.2, 0.25) is 0 Å². The average Bonchev–Trinajstić information content (AvgIpc) is 2.36. The van der Waals surface area contributed by atoms with Crippen molar-refractivity contribution < 1.29 is 19.4 Å². The highest BCUT2D eigenvalue weighted by molar-refractivity contribution is 5.93. The first kappa shape index (κ1) is 14.0. The van der Waals surface area contributed by atoms with E-state index in [0.29, 0.717) is 12.2 Å². The van der Waals surface area contributed by atoms with Gasteiger partial charge >= 0.3 is 5.97 Å². The van der Waals surface area contributed by atoms with E-state index in [1.165, 1.54) is 18.7 Å². The molecule has 98 valence electrons. The van der Waals surface area contributed by atoms with E-state index in [1.807, 2.05) is 0 Å². The minimum atomic E-state index is -0.967. The summed E-state index contributed by atoms with van der Waals surface area (Å²) in [5.74, 6) is -1.32. The van der Waals surface area contributed by atoms with Crippen molar-refractivity contribution in [2.45, 2.75) is 19.4 Å². The minimum absolute atomic E-state index is 0.133. The maximum atomic E-state index is 11.6. The van der Waals surface area contributed by atoms with Gasteiger partial charge in [-0.05, 0) is 6.92 Å². The van der Waals surface area contributed by atoms with Crippen LogP contribution in [0.5, 0.6) is 0 Å². The van der Waals surface area contributed by atoms with Crippen molar-refractivity contribution in [3.05, 3.63) is 24.3 Å². The Bertz CT molecular complexity index is 397. The van der Waals surface area contributed by atoms with Gasteiger partial charge in [-0.1, -0.05) is 0 Å². The number of carbonyl (C=O) groups is 2. The monoisotopic (exact) mass is 253 g/mol. The second-order valence-corrected chi connectivity index (χ2v) is 3.51. The quantitative estimate of drug-likeness (QED) is 0.714. The minimum Gasteiger partial charge on any atom is -0.481 e. The van der Waals surface area contributed by atoms with Crippen LogP contribution in [0.1, 0.15) is 23.7 Å². The third-order valence-electron chi connectivity index (χ3n) is 2.12. The van der Waals surface area contributed by atoms with Gasteiger partial charge in [-0.15, -0.1) is 0 Å². The molecule has 0 aromatic carbocycles. The third kappa shape index (κ3) is 4.88. The Kier molecular flexibility index (Phi) is 5.72. The number of amides is 1. The van der Waals surface area contributed by atoms with E-state index in [4.69, 9.17) is 9.84 Å². The highest BCUT2D eigenvalue weighted by Crippen LogP contribution is 1.99. The van der Waals surface area contributed by atoms with Crippen LogP contribution in [0.25, 0.3) is 0 Å². The fraction of sp³-hybridized carbons (Fsp3) is 0.455. The zero-order chi connectivity index (χ0) is 13.4. The summed E-state index contributed by atoms with van der Waals surface area (Å²) in [7, 11) is 0. The molecule has 0 aliphatic heterocycles. The average molecular weight is 253 g/mol. The summed E-state index contributed by atoms with van der Waals surface area (Å²) >= 11 is 0. The zero-order valence-corrected chi connectivity index (χ0v) is 10.00. The van der Waals surface area contributed by atoms with Crippen molar-refractivity contribution in [3.63, 3.8) is 0 Å². The summed E-state index contributed by atoms with van der Waals surface area (Å²) in [6.07, 6.45) is 3.40. The van der Waals surface area contributed by atoms with Gasteiger partial charge in [0.05, 0.1) is 18.1 Å². The molecular formula is C11H15N3O4. The highest BCUT2D eigenvalue weighted by atomic mass is 16.5. The Balaban J connectivity index is 2.46. The van der Waals surface area contributed by atoms with Crippen LogP contribution < -0.4 is 5.32 Å². The van der Waals surface area contributed by atoms with Crippen LogP contribution in [-0.2, 0) is 9.53 Å². The molecule has 0 spiro atoms. The summed E-state index contributed by atoms with van der Waals surface area (Å²) in [6, 6.07) is 0. The summed E-state index contributed by atoms with van der Waals surface area (Å²) < 4.78 is 5.21. The van der Waals surface area contributed by atoms with Gasteiger partial charge < -0.3 is 15.2 Å². The van der Waals surface area contributed by atoms with E-state index in [0.717, 1.165) is 0 Å². The molecular weight excluding hydrogens is 238 g/mol.